The SMILES string of the molecule is CC(C[C@@]1(C[C@@]2(CC(C)C(=O)O)c3ccccc3-c3nc4ccccc4cc32)c2ccccc2-c2nc3ccccc3cc21)OC=O. The van der Waals surface area contributed by atoms with Gasteiger partial charge in [0.25, 0.3) is 6.47 Å². The van der Waals surface area contributed by atoms with Crippen molar-refractivity contribution in [3.05, 3.63) is 131 Å². The van der Waals surface area contributed by atoms with Crippen LogP contribution in [0.25, 0.3) is 44.3 Å². The first-order valence-electron chi connectivity index (χ1n) is 16.2. The number of ether oxygens (including phenoxy) is 1. The number of aliphatic carboxylic acids is 1. The molecule has 0 aliphatic heterocycles. The maximum Gasteiger partial charge on any atom is 0.306 e. The van der Waals surface area contributed by atoms with Gasteiger partial charge in [-0.3, -0.25) is 9.59 Å². The number of nitrogens with zero attached hydrogens (tertiary/aromatic N) is 2. The zero-order valence-electron chi connectivity index (χ0n) is 26.3. The molecule has 6 heteroatoms. The van der Waals surface area contributed by atoms with Gasteiger partial charge in [-0.1, -0.05) is 91.9 Å². The average molecular weight is 619 g/mol. The maximum absolute atomic E-state index is 12.7. The zero-order chi connectivity index (χ0) is 32.3. The van der Waals surface area contributed by atoms with E-state index in [0.717, 1.165) is 66.6 Å². The zero-order valence-corrected chi connectivity index (χ0v) is 26.3. The van der Waals surface area contributed by atoms with Crippen LogP contribution in [0.5, 0.6) is 0 Å². The molecule has 232 valence electrons. The highest BCUT2D eigenvalue weighted by Crippen LogP contribution is 2.62. The Balaban J connectivity index is 1.47. The number of hydrogen-bond acceptors (Lipinski definition) is 5. The first kappa shape index (κ1) is 29.1. The predicted octanol–water partition coefficient (Wildman–Crippen LogP) is 8.47. The molecule has 0 spiro atoms. The lowest BCUT2D eigenvalue weighted by atomic mass is 9.59. The summed E-state index contributed by atoms with van der Waals surface area (Å²) in [6.45, 7) is 4.26. The van der Waals surface area contributed by atoms with E-state index in [1.807, 2.05) is 61.5 Å². The molecular formula is C41H34N2O4. The van der Waals surface area contributed by atoms with Gasteiger partial charge in [-0.2, -0.15) is 0 Å². The molecule has 0 bridgehead atoms. The number of fused-ring (bicyclic) bond motifs is 8. The van der Waals surface area contributed by atoms with Crippen LogP contribution in [0, 0.1) is 5.92 Å². The van der Waals surface area contributed by atoms with Crippen LogP contribution in [0.1, 0.15) is 55.4 Å². The summed E-state index contributed by atoms with van der Waals surface area (Å²) in [5, 5.41) is 12.5. The second-order valence-electron chi connectivity index (χ2n) is 13.3. The molecule has 2 heterocycles. The van der Waals surface area contributed by atoms with Crippen LogP contribution in [0.15, 0.2) is 109 Å². The normalized spacial score (nSPS) is 20.2. The smallest absolute Gasteiger partial charge is 0.306 e. The quantitative estimate of drug-likeness (QED) is 0.164. The molecule has 4 atom stereocenters. The second-order valence-corrected chi connectivity index (χ2v) is 13.3. The number of carbonyl (C=O) groups is 2. The third-order valence-corrected chi connectivity index (χ3v) is 10.5. The van der Waals surface area contributed by atoms with Crippen molar-refractivity contribution in [3.63, 3.8) is 0 Å². The van der Waals surface area contributed by atoms with Crippen molar-refractivity contribution >= 4 is 34.2 Å². The lowest BCUT2D eigenvalue weighted by Gasteiger charge is -2.44. The minimum Gasteiger partial charge on any atom is -0.481 e. The third kappa shape index (κ3) is 4.38. The number of para-hydroxylation sites is 2. The van der Waals surface area contributed by atoms with Gasteiger partial charge in [0.2, 0.25) is 0 Å². The lowest BCUT2D eigenvalue weighted by Crippen LogP contribution is -2.41. The van der Waals surface area contributed by atoms with Crippen LogP contribution in [0.2, 0.25) is 0 Å². The van der Waals surface area contributed by atoms with Gasteiger partial charge in [-0.05, 0) is 72.7 Å². The van der Waals surface area contributed by atoms with E-state index in [1.165, 1.54) is 0 Å². The van der Waals surface area contributed by atoms with Gasteiger partial charge in [-0.15, -0.1) is 0 Å². The summed E-state index contributed by atoms with van der Waals surface area (Å²) < 4.78 is 5.65. The highest BCUT2D eigenvalue weighted by molar-refractivity contribution is 5.91. The molecule has 0 fully saturated rings. The van der Waals surface area contributed by atoms with E-state index >= 15 is 0 Å². The van der Waals surface area contributed by atoms with Crippen LogP contribution in [0.3, 0.4) is 0 Å². The number of carbonyl (C=O) groups excluding carboxylic acids is 1. The molecule has 6 nitrogen and oxygen atoms in total. The topological polar surface area (TPSA) is 89.4 Å². The maximum atomic E-state index is 12.7. The van der Waals surface area contributed by atoms with Crippen molar-refractivity contribution < 1.29 is 19.4 Å². The van der Waals surface area contributed by atoms with Crippen molar-refractivity contribution in [3.8, 4) is 22.5 Å². The largest absolute Gasteiger partial charge is 0.481 e. The summed E-state index contributed by atoms with van der Waals surface area (Å²) in [6.07, 6.45) is 0.989. The van der Waals surface area contributed by atoms with Gasteiger partial charge < -0.3 is 9.84 Å². The van der Waals surface area contributed by atoms with Crippen molar-refractivity contribution in [1.29, 1.82) is 0 Å². The van der Waals surface area contributed by atoms with E-state index in [9.17, 15) is 14.7 Å². The number of benzene rings is 4. The van der Waals surface area contributed by atoms with Crippen molar-refractivity contribution in [2.45, 2.75) is 50.0 Å². The molecule has 0 saturated heterocycles. The Bertz CT molecular complexity index is 2230. The van der Waals surface area contributed by atoms with Crippen LogP contribution in [-0.4, -0.2) is 33.6 Å². The highest BCUT2D eigenvalue weighted by Gasteiger charge is 2.55. The summed E-state index contributed by atoms with van der Waals surface area (Å²) in [7, 11) is 0. The van der Waals surface area contributed by atoms with Gasteiger partial charge in [0.1, 0.15) is 0 Å². The summed E-state index contributed by atoms with van der Waals surface area (Å²) in [5.74, 6) is -1.48. The minimum atomic E-state index is -0.837. The monoisotopic (exact) mass is 618 g/mol. The molecule has 2 aromatic heterocycles. The number of aromatic nitrogens is 2. The van der Waals surface area contributed by atoms with Gasteiger partial charge in [0.05, 0.1) is 34.4 Å². The molecule has 2 aliphatic rings. The first-order chi connectivity index (χ1) is 22.8. The van der Waals surface area contributed by atoms with E-state index in [2.05, 4.69) is 54.6 Å². The summed E-state index contributed by atoms with van der Waals surface area (Å²) >= 11 is 0. The number of hydrogen-bond donors (Lipinski definition) is 1. The van der Waals surface area contributed by atoms with Crippen LogP contribution >= 0.6 is 0 Å². The van der Waals surface area contributed by atoms with E-state index in [4.69, 9.17) is 14.7 Å². The Morgan fingerprint density at radius 3 is 1.68 bits per heavy atom. The fourth-order valence-corrected chi connectivity index (χ4v) is 8.60. The lowest BCUT2D eigenvalue weighted by molar-refractivity contribution is -0.142. The van der Waals surface area contributed by atoms with Crippen molar-refractivity contribution in [2.75, 3.05) is 0 Å². The molecule has 0 amide bonds. The number of rotatable bonds is 9. The standard InChI is InChI=1S/C41H34N2O4/c1-25(39(45)46)21-40(31-15-7-5-13-29(31)37-33(40)19-27-11-3-9-17-35(27)42-37)23-41(22-26(2)47-24-44)32-16-8-6-14-30(32)38-34(41)20-28-12-4-10-18-36(28)43-38/h3-20,24-26H,21-23H2,1-2H3,(H,45,46)/t25?,26?,40-,41+/m0/s1. The molecule has 2 unspecified atom stereocenters. The van der Waals surface area contributed by atoms with Crippen LogP contribution in [-0.2, 0) is 25.2 Å². The van der Waals surface area contributed by atoms with Crippen molar-refractivity contribution in [1.82, 2.24) is 9.97 Å². The number of carboxylic acid groups (broad SMARTS) is 1. The van der Waals surface area contributed by atoms with E-state index in [1.54, 1.807) is 6.92 Å². The minimum absolute atomic E-state index is 0.371. The predicted molar refractivity (Wildman–Crippen MR) is 183 cm³/mol. The van der Waals surface area contributed by atoms with Gasteiger partial charge in [-0.25, -0.2) is 9.97 Å². The Morgan fingerprint density at radius 1 is 0.702 bits per heavy atom. The Morgan fingerprint density at radius 2 is 1.17 bits per heavy atom. The highest BCUT2D eigenvalue weighted by atomic mass is 16.5. The first-order valence-corrected chi connectivity index (χ1v) is 16.2. The Kier molecular flexibility index (Phi) is 6.72. The Labute approximate surface area is 273 Å². The summed E-state index contributed by atoms with van der Waals surface area (Å²) in [6, 6.07) is 37.5. The molecule has 0 radical (unpaired) electrons. The van der Waals surface area contributed by atoms with Crippen molar-refractivity contribution in [2.24, 2.45) is 5.92 Å². The fourth-order valence-electron chi connectivity index (χ4n) is 8.60. The van der Waals surface area contributed by atoms with Crippen LogP contribution < -0.4 is 0 Å². The molecule has 6 aromatic rings. The van der Waals surface area contributed by atoms with Gasteiger partial charge in [0.15, 0.2) is 0 Å². The number of pyridine rings is 2. The van der Waals surface area contributed by atoms with Crippen LogP contribution in [0.4, 0.5) is 0 Å². The fraction of sp³-hybridized carbons (Fsp3) is 0.220. The molecule has 47 heavy (non-hydrogen) atoms. The molecule has 2 aliphatic carbocycles. The molecule has 4 aromatic carbocycles. The Hall–Kier alpha value is -5.36. The van der Waals surface area contributed by atoms with Gasteiger partial charge in [0, 0.05) is 32.7 Å². The molecular weight excluding hydrogens is 584 g/mol. The van der Waals surface area contributed by atoms with E-state index < -0.39 is 28.8 Å². The third-order valence-electron chi connectivity index (χ3n) is 10.5. The average Bonchev–Trinajstić information content (AvgIpc) is 3.48. The van der Waals surface area contributed by atoms with E-state index in [0.29, 0.717) is 25.7 Å². The summed E-state index contributed by atoms with van der Waals surface area (Å²) in [5.41, 5.74) is 8.59. The molecule has 1 N–H and O–H groups in total. The van der Waals surface area contributed by atoms with Gasteiger partial charge >= 0.3 is 5.97 Å². The summed E-state index contributed by atoms with van der Waals surface area (Å²) in [4.78, 5) is 34.9. The molecule has 0 saturated carbocycles. The van der Waals surface area contributed by atoms with E-state index in [-0.39, 0.29) is 0 Å². The second kappa shape index (κ2) is 10.9. The number of carboxylic acids is 1. The molecule has 8 rings (SSSR count).